The van der Waals surface area contributed by atoms with Crippen LogP contribution in [0.15, 0.2) is 0 Å². The summed E-state index contributed by atoms with van der Waals surface area (Å²) in [6, 6.07) is 0.159. The first-order valence-corrected chi connectivity index (χ1v) is 8.51. The highest BCUT2D eigenvalue weighted by molar-refractivity contribution is 6.74. The summed E-state index contributed by atoms with van der Waals surface area (Å²) in [5, 5.41) is 3.11. The Morgan fingerprint density at radius 2 is 1.93 bits per heavy atom. The third-order valence-electron chi connectivity index (χ3n) is 3.59. The minimum Gasteiger partial charge on any atom is -0.411 e. The summed E-state index contributed by atoms with van der Waals surface area (Å²) >= 11 is 0. The van der Waals surface area contributed by atoms with Gasteiger partial charge in [0.15, 0.2) is 8.32 Å². The average molecular weight is 229 g/mol. The first-order valence-electron chi connectivity index (χ1n) is 5.61. The monoisotopic (exact) mass is 229 g/mol. The SMILES string of the molecule is C[C@H]1NC(=O)C[C@@H]1O[Si](C)(C)C(C)(C)C. The van der Waals surface area contributed by atoms with Crippen molar-refractivity contribution in [3.05, 3.63) is 0 Å². The van der Waals surface area contributed by atoms with Gasteiger partial charge in [-0.3, -0.25) is 4.79 Å². The van der Waals surface area contributed by atoms with Crippen LogP contribution in [0.4, 0.5) is 0 Å². The number of carbonyl (C=O) groups is 1. The summed E-state index contributed by atoms with van der Waals surface area (Å²) in [5.74, 6) is 0.117. The topological polar surface area (TPSA) is 38.3 Å². The van der Waals surface area contributed by atoms with Gasteiger partial charge in [0.1, 0.15) is 0 Å². The van der Waals surface area contributed by atoms with E-state index in [4.69, 9.17) is 4.43 Å². The van der Waals surface area contributed by atoms with Gasteiger partial charge in [-0.15, -0.1) is 0 Å². The van der Waals surface area contributed by atoms with Crippen LogP contribution in [-0.2, 0) is 9.22 Å². The molecule has 1 aliphatic rings. The maximum atomic E-state index is 11.2. The largest absolute Gasteiger partial charge is 0.411 e. The first-order chi connectivity index (χ1) is 6.63. The van der Waals surface area contributed by atoms with Crippen molar-refractivity contribution in [2.45, 2.75) is 64.4 Å². The Bertz CT molecular complexity index is 258. The Morgan fingerprint density at radius 1 is 1.40 bits per heavy atom. The molecule has 15 heavy (non-hydrogen) atoms. The van der Waals surface area contributed by atoms with Gasteiger partial charge in [0, 0.05) is 0 Å². The molecule has 1 amide bonds. The lowest BCUT2D eigenvalue weighted by Crippen LogP contribution is -2.46. The van der Waals surface area contributed by atoms with E-state index in [1.165, 1.54) is 0 Å². The molecular formula is C11H23NO2Si. The van der Waals surface area contributed by atoms with Crippen LogP contribution in [0.3, 0.4) is 0 Å². The van der Waals surface area contributed by atoms with Crippen molar-refractivity contribution in [1.82, 2.24) is 5.32 Å². The Morgan fingerprint density at radius 3 is 2.27 bits per heavy atom. The summed E-state index contributed by atoms with van der Waals surface area (Å²) < 4.78 is 6.20. The number of hydrogen-bond acceptors (Lipinski definition) is 2. The van der Waals surface area contributed by atoms with Crippen molar-refractivity contribution in [3.8, 4) is 0 Å². The van der Waals surface area contributed by atoms with Gasteiger partial charge in [0.25, 0.3) is 0 Å². The first kappa shape index (κ1) is 12.7. The molecule has 0 saturated carbocycles. The fourth-order valence-corrected chi connectivity index (χ4v) is 2.86. The Kier molecular flexibility index (Phi) is 3.31. The predicted octanol–water partition coefficient (Wildman–Crippen LogP) is 2.29. The normalized spacial score (nSPS) is 28.0. The summed E-state index contributed by atoms with van der Waals surface area (Å²) in [6.45, 7) is 13.1. The highest BCUT2D eigenvalue weighted by atomic mass is 28.4. The molecule has 1 N–H and O–H groups in total. The van der Waals surface area contributed by atoms with Gasteiger partial charge in [0.05, 0.1) is 18.6 Å². The highest BCUT2D eigenvalue weighted by Gasteiger charge is 2.42. The van der Waals surface area contributed by atoms with Crippen molar-refractivity contribution < 1.29 is 9.22 Å². The van der Waals surface area contributed by atoms with Crippen LogP contribution in [-0.4, -0.2) is 26.4 Å². The molecular weight excluding hydrogens is 206 g/mol. The second-order valence-corrected chi connectivity index (χ2v) is 10.7. The molecule has 0 aliphatic carbocycles. The van der Waals surface area contributed by atoms with E-state index < -0.39 is 8.32 Å². The maximum Gasteiger partial charge on any atom is 0.222 e. The van der Waals surface area contributed by atoms with E-state index in [1.807, 2.05) is 6.92 Å². The second kappa shape index (κ2) is 3.90. The van der Waals surface area contributed by atoms with Crippen molar-refractivity contribution in [2.75, 3.05) is 0 Å². The maximum absolute atomic E-state index is 11.2. The number of hydrogen-bond donors (Lipinski definition) is 1. The van der Waals surface area contributed by atoms with Gasteiger partial charge in [-0.25, -0.2) is 0 Å². The molecule has 1 heterocycles. The zero-order valence-corrected chi connectivity index (χ0v) is 11.7. The van der Waals surface area contributed by atoms with Crippen LogP contribution in [0.2, 0.25) is 18.1 Å². The number of carbonyl (C=O) groups excluding carboxylic acids is 1. The molecule has 0 bridgehead atoms. The van der Waals surface area contributed by atoms with Crippen LogP contribution in [0.5, 0.6) is 0 Å². The van der Waals surface area contributed by atoms with E-state index in [0.29, 0.717) is 6.42 Å². The van der Waals surface area contributed by atoms with Crippen molar-refractivity contribution in [3.63, 3.8) is 0 Å². The minimum atomic E-state index is -1.73. The lowest BCUT2D eigenvalue weighted by molar-refractivity contribution is -0.119. The molecule has 4 heteroatoms. The molecule has 1 rings (SSSR count). The van der Waals surface area contributed by atoms with Crippen molar-refractivity contribution in [1.29, 1.82) is 0 Å². The fourth-order valence-electron chi connectivity index (χ4n) is 1.46. The predicted molar refractivity (Wildman–Crippen MR) is 64.3 cm³/mol. The molecule has 0 unspecified atom stereocenters. The lowest BCUT2D eigenvalue weighted by Gasteiger charge is -2.39. The number of rotatable bonds is 2. The van der Waals surface area contributed by atoms with Gasteiger partial charge in [-0.05, 0) is 25.1 Å². The standard InChI is InChI=1S/C11H23NO2Si/c1-8-9(7-10(13)12-8)14-15(5,6)11(2,3)4/h8-9H,7H2,1-6H3,(H,12,13)/t8-,9+/m1/s1. The second-order valence-electron chi connectivity index (χ2n) is 5.98. The Hall–Kier alpha value is -0.353. The molecule has 0 aromatic rings. The van der Waals surface area contributed by atoms with Crippen molar-refractivity contribution >= 4 is 14.2 Å². The number of amides is 1. The molecule has 1 fully saturated rings. The molecule has 1 saturated heterocycles. The Labute approximate surface area is 93.7 Å². The third kappa shape index (κ3) is 2.81. The lowest BCUT2D eigenvalue weighted by atomic mass is 10.2. The van der Waals surface area contributed by atoms with Gasteiger partial charge < -0.3 is 9.74 Å². The van der Waals surface area contributed by atoms with E-state index in [-0.39, 0.29) is 23.1 Å². The Balaban J connectivity index is 2.66. The number of nitrogens with one attached hydrogen (secondary N) is 1. The molecule has 1 aliphatic heterocycles. The van der Waals surface area contributed by atoms with Crippen LogP contribution in [0, 0.1) is 0 Å². The average Bonchev–Trinajstić information content (AvgIpc) is 2.26. The minimum absolute atomic E-state index is 0.0680. The van der Waals surface area contributed by atoms with Gasteiger partial charge in [-0.2, -0.15) is 0 Å². The van der Waals surface area contributed by atoms with E-state index in [1.54, 1.807) is 0 Å². The molecule has 0 spiro atoms. The van der Waals surface area contributed by atoms with E-state index in [0.717, 1.165) is 0 Å². The highest BCUT2D eigenvalue weighted by Crippen LogP contribution is 2.38. The summed E-state index contributed by atoms with van der Waals surface area (Å²) in [5.41, 5.74) is 0. The van der Waals surface area contributed by atoms with E-state index in [9.17, 15) is 4.79 Å². The molecule has 0 aromatic carbocycles. The summed E-state index contributed by atoms with van der Waals surface area (Å²) in [7, 11) is -1.73. The van der Waals surface area contributed by atoms with Crippen molar-refractivity contribution in [2.24, 2.45) is 0 Å². The quantitative estimate of drug-likeness (QED) is 0.738. The van der Waals surface area contributed by atoms with Crippen LogP contribution < -0.4 is 5.32 Å². The van der Waals surface area contributed by atoms with E-state index in [2.05, 4.69) is 39.2 Å². The van der Waals surface area contributed by atoms with E-state index >= 15 is 0 Å². The van der Waals surface area contributed by atoms with Gasteiger partial charge in [0.2, 0.25) is 5.91 Å². The molecule has 2 atom stereocenters. The fraction of sp³-hybridized carbons (Fsp3) is 0.909. The van der Waals surface area contributed by atoms with Crippen LogP contribution in [0.1, 0.15) is 34.1 Å². The molecule has 0 aromatic heterocycles. The third-order valence-corrected chi connectivity index (χ3v) is 8.09. The molecule has 88 valence electrons. The smallest absolute Gasteiger partial charge is 0.222 e. The zero-order valence-electron chi connectivity index (χ0n) is 10.7. The molecule has 0 radical (unpaired) electrons. The molecule has 3 nitrogen and oxygen atoms in total. The van der Waals surface area contributed by atoms with Crippen LogP contribution >= 0.6 is 0 Å². The van der Waals surface area contributed by atoms with Gasteiger partial charge in [-0.1, -0.05) is 20.8 Å². The zero-order chi connectivity index (χ0) is 11.9. The van der Waals surface area contributed by atoms with Gasteiger partial charge >= 0.3 is 0 Å². The summed E-state index contributed by atoms with van der Waals surface area (Å²) in [6.07, 6.45) is 0.589. The summed E-state index contributed by atoms with van der Waals surface area (Å²) in [4.78, 5) is 11.2. The van der Waals surface area contributed by atoms with Crippen LogP contribution in [0.25, 0.3) is 0 Å².